The Morgan fingerprint density at radius 3 is 1.33 bits per heavy atom. The Morgan fingerprint density at radius 2 is 1.05 bits per heavy atom. The van der Waals surface area contributed by atoms with Gasteiger partial charge in [-0.15, -0.1) is 0 Å². The molecule has 0 spiro atoms. The number of benzene rings is 1. The second-order valence-electron chi connectivity index (χ2n) is 5.71. The first-order valence-corrected chi connectivity index (χ1v) is 8.87. The van der Waals surface area contributed by atoms with Gasteiger partial charge >= 0.3 is 8.80 Å². The summed E-state index contributed by atoms with van der Waals surface area (Å²) < 4.78 is 44.9. The molecule has 120 valence electrons. The van der Waals surface area contributed by atoms with E-state index in [1.165, 1.54) is 12.1 Å². The minimum absolute atomic E-state index is 0.194. The van der Waals surface area contributed by atoms with Gasteiger partial charge in [0.2, 0.25) is 0 Å². The van der Waals surface area contributed by atoms with Gasteiger partial charge in [0, 0.05) is 29.6 Å². The zero-order valence-electron chi connectivity index (χ0n) is 13.4. The minimum Gasteiger partial charge on any atom is -0.367 e. The van der Waals surface area contributed by atoms with Crippen LogP contribution in [-0.4, -0.2) is 27.1 Å². The molecule has 1 rings (SSSR count). The maximum Gasteiger partial charge on any atom is 0.538 e. The Kier molecular flexibility index (Phi) is 6.46. The second-order valence-corrected chi connectivity index (χ2v) is 8.11. The molecule has 0 heterocycles. The second kappa shape index (κ2) is 7.44. The van der Waals surface area contributed by atoms with Crippen LogP contribution < -0.4 is 5.19 Å². The largest absolute Gasteiger partial charge is 0.538 e. The van der Waals surface area contributed by atoms with Gasteiger partial charge in [0.15, 0.2) is 0 Å². The maximum atomic E-state index is 13.6. The highest BCUT2D eigenvalue weighted by molar-refractivity contribution is 6.75. The molecule has 21 heavy (non-hydrogen) atoms. The Morgan fingerprint density at radius 1 is 0.714 bits per heavy atom. The van der Waals surface area contributed by atoms with Crippen LogP contribution in [-0.2, 0) is 13.3 Å². The number of hydrogen-bond acceptors (Lipinski definition) is 3. The zero-order valence-corrected chi connectivity index (χ0v) is 14.4. The van der Waals surface area contributed by atoms with Crippen LogP contribution in [0, 0.1) is 11.6 Å². The fourth-order valence-electron chi connectivity index (χ4n) is 1.95. The summed E-state index contributed by atoms with van der Waals surface area (Å²) in [4.78, 5) is 0. The van der Waals surface area contributed by atoms with Gasteiger partial charge in [-0.1, -0.05) is 0 Å². The van der Waals surface area contributed by atoms with E-state index in [0.717, 1.165) is 6.07 Å². The molecule has 0 N–H and O–H groups in total. The lowest BCUT2D eigenvalue weighted by atomic mass is 10.3. The van der Waals surface area contributed by atoms with Crippen molar-refractivity contribution in [3.63, 3.8) is 0 Å². The van der Waals surface area contributed by atoms with Gasteiger partial charge < -0.3 is 13.3 Å². The average molecular weight is 318 g/mol. The maximum absolute atomic E-state index is 13.6. The summed E-state index contributed by atoms with van der Waals surface area (Å²) >= 11 is 0. The standard InChI is InChI=1S/C15H24F2O3Si/c1-10(2)18-21(19-11(3)4,20-12(5)6)15-8-13(16)7-14(17)9-15/h7-12H,1-6H3. The molecular formula is C15H24F2O3Si. The van der Waals surface area contributed by atoms with Crippen molar-refractivity contribution in [2.75, 3.05) is 0 Å². The zero-order chi connectivity index (χ0) is 16.2. The van der Waals surface area contributed by atoms with Crippen molar-refractivity contribution in [2.24, 2.45) is 0 Å². The van der Waals surface area contributed by atoms with E-state index >= 15 is 0 Å². The Labute approximate surface area is 126 Å². The van der Waals surface area contributed by atoms with Crippen LogP contribution in [0.15, 0.2) is 18.2 Å². The van der Waals surface area contributed by atoms with Crippen LogP contribution >= 0.6 is 0 Å². The molecule has 0 aliphatic heterocycles. The lowest BCUT2D eigenvalue weighted by molar-refractivity contribution is 0.0152. The molecule has 0 unspecified atom stereocenters. The van der Waals surface area contributed by atoms with Crippen LogP contribution in [0.2, 0.25) is 0 Å². The van der Waals surface area contributed by atoms with E-state index in [4.69, 9.17) is 13.3 Å². The van der Waals surface area contributed by atoms with E-state index in [1.54, 1.807) is 0 Å². The van der Waals surface area contributed by atoms with Crippen LogP contribution in [0.4, 0.5) is 8.78 Å². The van der Waals surface area contributed by atoms with Crippen LogP contribution in [0.5, 0.6) is 0 Å². The molecular weight excluding hydrogens is 294 g/mol. The lowest BCUT2D eigenvalue weighted by Gasteiger charge is -2.34. The molecule has 1 aromatic carbocycles. The fraction of sp³-hybridized carbons (Fsp3) is 0.600. The SMILES string of the molecule is CC(C)O[Si](OC(C)C)(OC(C)C)c1cc(F)cc(F)c1. The van der Waals surface area contributed by atoms with Gasteiger partial charge in [-0.3, -0.25) is 0 Å². The normalized spacial score (nSPS) is 12.7. The first-order valence-electron chi connectivity index (χ1n) is 7.14. The van der Waals surface area contributed by atoms with Gasteiger partial charge in [0.05, 0.1) is 0 Å². The summed E-state index contributed by atoms with van der Waals surface area (Å²) in [7, 11) is -3.40. The lowest BCUT2D eigenvalue weighted by Crippen LogP contribution is -2.60. The molecule has 0 fully saturated rings. The number of hydrogen-bond donors (Lipinski definition) is 0. The van der Waals surface area contributed by atoms with Crippen LogP contribution in [0.1, 0.15) is 41.5 Å². The van der Waals surface area contributed by atoms with Crippen LogP contribution in [0.25, 0.3) is 0 Å². The molecule has 0 aromatic heterocycles. The smallest absolute Gasteiger partial charge is 0.367 e. The Bertz CT molecular complexity index is 417. The molecule has 0 aliphatic rings. The van der Waals surface area contributed by atoms with Gasteiger partial charge in [-0.25, -0.2) is 8.78 Å². The van der Waals surface area contributed by atoms with E-state index in [9.17, 15) is 8.78 Å². The molecule has 0 saturated heterocycles. The van der Waals surface area contributed by atoms with Crippen molar-refractivity contribution >= 4 is 14.0 Å². The van der Waals surface area contributed by atoms with Crippen molar-refractivity contribution in [1.29, 1.82) is 0 Å². The van der Waals surface area contributed by atoms with Gasteiger partial charge in [-0.2, -0.15) is 0 Å². The monoisotopic (exact) mass is 318 g/mol. The Balaban J connectivity index is 3.36. The van der Waals surface area contributed by atoms with Crippen molar-refractivity contribution < 1.29 is 22.1 Å². The molecule has 0 atom stereocenters. The average Bonchev–Trinajstić information content (AvgIpc) is 2.24. The van der Waals surface area contributed by atoms with Gasteiger partial charge in [0.25, 0.3) is 0 Å². The highest BCUT2D eigenvalue weighted by Gasteiger charge is 2.47. The third-order valence-corrected chi connectivity index (χ3v) is 5.73. The summed E-state index contributed by atoms with van der Waals surface area (Å²) in [6.07, 6.45) is -0.582. The fourth-order valence-corrected chi connectivity index (χ4v) is 5.02. The first kappa shape index (κ1) is 18.2. The summed E-state index contributed by atoms with van der Waals surface area (Å²) in [6, 6.07) is 3.27. The van der Waals surface area contributed by atoms with E-state index in [0.29, 0.717) is 5.19 Å². The minimum atomic E-state index is -3.40. The molecule has 3 nitrogen and oxygen atoms in total. The third-order valence-electron chi connectivity index (χ3n) is 2.39. The van der Waals surface area contributed by atoms with E-state index in [-0.39, 0.29) is 18.3 Å². The molecule has 6 heteroatoms. The molecule has 0 amide bonds. The van der Waals surface area contributed by atoms with Crippen LogP contribution in [0.3, 0.4) is 0 Å². The van der Waals surface area contributed by atoms with Crippen molar-refractivity contribution in [1.82, 2.24) is 0 Å². The molecule has 0 radical (unpaired) electrons. The quantitative estimate of drug-likeness (QED) is 0.721. The predicted octanol–water partition coefficient (Wildman–Crippen LogP) is 3.39. The highest BCUT2D eigenvalue weighted by Crippen LogP contribution is 2.19. The molecule has 0 bridgehead atoms. The summed E-state index contributed by atoms with van der Waals surface area (Å²) in [5.41, 5.74) is 0. The Hall–Kier alpha value is -0.823. The summed E-state index contributed by atoms with van der Waals surface area (Å²) in [5.74, 6) is -1.34. The summed E-state index contributed by atoms with van der Waals surface area (Å²) in [6.45, 7) is 11.0. The van der Waals surface area contributed by atoms with Crippen molar-refractivity contribution in [3.8, 4) is 0 Å². The van der Waals surface area contributed by atoms with Gasteiger partial charge in [-0.05, 0) is 53.7 Å². The molecule has 0 saturated carbocycles. The van der Waals surface area contributed by atoms with E-state index in [1.807, 2.05) is 41.5 Å². The first-order chi connectivity index (χ1) is 9.64. The predicted molar refractivity (Wildman–Crippen MR) is 80.4 cm³/mol. The highest BCUT2D eigenvalue weighted by atomic mass is 28.4. The molecule has 1 aromatic rings. The number of rotatable bonds is 7. The third kappa shape index (κ3) is 5.46. The topological polar surface area (TPSA) is 27.7 Å². The summed E-state index contributed by atoms with van der Waals surface area (Å²) in [5, 5.41) is 0.302. The molecule has 0 aliphatic carbocycles. The van der Waals surface area contributed by atoms with Crippen molar-refractivity contribution in [2.45, 2.75) is 59.9 Å². The van der Waals surface area contributed by atoms with E-state index < -0.39 is 20.4 Å². The van der Waals surface area contributed by atoms with Crippen molar-refractivity contribution in [3.05, 3.63) is 29.8 Å². The van der Waals surface area contributed by atoms with Gasteiger partial charge in [0.1, 0.15) is 11.6 Å². The van der Waals surface area contributed by atoms with E-state index in [2.05, 4.69) is 0 Å². The number of halogens is 2.